The fourth-order valence-electron chi connectivity index (χ4n) is 2.95. The molecule has 0 fully saturated rings. The van der Waals surface area contributed by atoms with Gasteiger partial charge in [0.1, 0.15) is 11.9 Å². The summed E-state index contributed by atoms with van der Waals surface area (Å²) in [7, 11) is 0. The lowest BCUT2D eigenvalue weighted by Gasteiger charge is -2.27. The van der Waals surface area contributed by atoms with E-state index in [1.54, 1.807) is 35.2 Å². The molecule has 0 saturated carbocycles. The molecule has 2 aliphatic heterocycles. The Labute approximate surface area is 149 Å². The minimum Gasteiger partial charge on any atom is -0.442 e. The summed E-state index contributed by atoms with van der Waals surface area (Å²) >= 11 is 5.81. The highest BCUT2D eigenvalue weighted by Crippen LogP contribution is 2.26. The number of rotatable bonds is 2. The molecule has 25 heavy (non-hydrogen) atoms. The van der Waals surface area contributed by atoms with Crippen molar-refractivity contribution in [1.29, 1.82) is 0 Å². The van der Waals surface area contributed by atoms with E-state index in [-0.39, 0.29) is 5.91 Å². The topological polar surface area (TPSA) is 71.0 Å². The molecule has 0 aromatic heterocycles. The van der Waals surface area contributed by atoms with Crippen LogP contribution >= 0.6 is 11.6 Å². The van der Waals surface area contributed by atoms with Crippen LogP contribution in [0.4, 0.5) is 10.5 Å². The number of ether oxygens (including phenoxy) is 1. The second-order valence-electron chi connectivity index (χ2n) is 5.78. The van der Waals surface area contributed by atoms with Crippen molar-refractivity contribution < 1.29 is 14.3 Å². The molecule has 1 atom stereocenters. The molecule has 6 nitrogen and oxygen atoms in total. The van der Waals surface area contributed by atoms with E-state index in [1.807, 2.05) is 18.2 Å². The summed E-state index contributed by atoms with van der Waals surface area (Å²) in [6, 6.07) is 14.1. The Morgan fingerprint density at radius 1 is 1.16 bits per heavy atom. The van der Waals surface area contributed by atoms with E-state index in [0.717, 1.165) is 5.56 Å². The number of amidine groups is 1. The molecule has 2 aliphatic rings. The number of halogens is 1. The summed E-state index contributed by atoms with van der Waals surface area (Å²) in [6.45, 7) is 0.613. The summed E-state index contributed by atoms with van der Waals surface area (Å²) in [4.78, 5) is 30.5. The third-order valence-electron chi connectivity index (χ3n) is 4.09. The van der Waals surface area contributed by atoms with Crippen molar-refractivity contribution in [2.45, 2.75) is 6.10 Å². The molecule has 0 saturated heterocycles. The van der Waals surface area contributed by atoms with Gasteiger partial charge in [0, 0.05) is 16.3 Å². The van der Waals surface area contributed by atoms with Gasteiger partial charge in [-0.25, -0.2) is 4.79 Å². The van der Waals surface area contributed by atoms with Crippen molar-refractivity contribution in [3.05, 3.63) is 64.7 Å². The average molecular weight is 356 g/mol. The molecule has 0 radical (unpaired) electrons. The van der Waals surface area contributed by atoms with Crippen LogP contribution < -0.4 is 5.32 Å². The predicted octanol–water partition coefficient (Wildman–Crippen LogP) is 3.17. The Hall–Kier alpha value is -2.86. The SMILES string of the molecule is O=C(Nc1ccc(Cl)cc1)OC1CN=C2c3ccccc3C(=O)N2C1. The summed E-state index contributed by atoms with van der Waals surface area (Å²) in [5.74, 6) is 0.541. The highest BCUT2D eigenvalue weighted by molar-refractivity contribution is 6.30. The quantitative estimate of drug-likeness (QED) is 0.899. The number of amides is 2. The van der Waals surface area contributed by atoms with Crippen molar-refractivity contribution in [3.63, 3.8) is 0 Å². The molecule has 4 rings (SSSR count). The maximum atomic E-state index is 12.5. The lowest BCUT2D eigenvalue weighted by atomic mass is 10.1. The number of fused-ring (bicyclic) bond motifs is 3. The first kappa shape index (κ1) is 15.7. The van der Waals surface area contributed by atoms with Crippen LogP contribution in [0.2, 0.25) is 5.02 Å². The lowest BCUT2D eigenvalue weighted by Crippen LogP contribution is -2.44. The Morgan fingerprint density at radius 3 is 2.64 bits per heavy atom. The summed E-state index contributed by atoms with van der Waals surface area (Å²) in [5, 5.41) is 3.22. The van der Waals surface area contributed by atoms with Gasteiger partial charge in [0.25, 0.3) is 5.91 Å². The Kier molecular flexibility index (Phi) is 3.89. The van der Waals surface area contributed by atoms with Crippen LogP contribution in [0.5, 0.6) is 0 Å². The Bertz CT molecular complexity index is 879. The van der Waals surface area contributed by atoms with Crippen molar-refractivity contribution in [2.24, 2.45) is 4.99 Å². The Morgan fingerprint density at radius 2 is 1.88 bits per heavy atom. The van der Waals surface area contributed by atoms with Gasteiger partial charge in [0.2, 0.25) is 0 Å². The maximum Gasteiger partial charge on any atom is 0.412 e. The molecule has 2 aromatic rings. The van der Waals surface area contributed by atoms with E-state index >= 15 is 0 Å². The van der Waals surface area contributed by atoms with Gasteiger partial charge in [-0.3, -0.25) is 20.0 Å². The smallest absolute Gasteiger partial charge is 0.412 e. The number of nitrogens with one attached hydrogen (secondary N) is 1. The number of aliphatic imine (C=N–C) groups is 1. The fraction of sp³-hybridized carbons (Fsp3) is 0.167. The average Bonchev–Trinajstić information content (AvgIpc) is 2.90. The van der Waals surface area contributed by atoms with Crippen LogP contribution in [0.25, 0.3) is 0 Å². The number of carbonyl (C=O) groups is 2. The number of carbonyl (C=O) groups excluding carboxylic acids is 2. The highest BCUT2D eigenvalue weighted by atomic mass is 35.5. The van der Waals surface area contributed by atoms with Gasteiger partial charge in [-0.1, -0.05) is 29.8 Å². The molecule has 2 aromatic carbocycles. The normalized spacial score (nSPS) is 18.3. The van der Waals surface area contributed by atoms with E-state index in [4.69, 9.17) is 16.3 Å². The zero-order valence-corrected chi connectivity index (χ0v) is 13.9. The zero-order chi connectivity index (χ0) is 17.4. The van der Waals surface area contributed by atoms with Gasteiger partial charge in [-0.15, -0.1) is 0 Å². The van der Waals surface area contributed by atoms with Gasteiger partial charge in [-0.05, 0) is 30.3 Å². The number of hydrogen-bond donors (Lipinski definition) is 1. The first-order chi connectivity index (χ1) is 12.1. The largest absolute Gasteiger partial charge is 0.442 e. The molecular formula is C18H14ClN3O3. The van der Waals surface area contributed by atoms with Crippen molar-refractivity contribution in [2.75, 3.05) is 18.4 Å². The summed E-state index contributed by atoms with van der Waals surface area (Å²) in [6.07, 6.45) is -1.08. The maximum absolute atomic E-state index is 12.5. The van der Waals surface area contributed by atoms with Crippen LogP contribution in [-0.2, 0) is 4.74 Å². The second-order valence-corrected chi connectivity index (χ2v) is 6.22. The van der Waals surface area contributed by atoms with Gasteiger partial charge in [0.15, 0.2) is 0 Å². The molecule has 0 bridgehead atoms. The second kappa shape index (κ2) is 6.22. The first-order valence-electron chi connectivity index (χ1n) is 7.81. The van der Waals surface area contributed by atoms with Crippen LogP contribution in [-0.4, -0.2) is 41.9 Å². The van der Waals surface area contributed by atoms with Crippen LogP contribution in [0.15, 0.2) is 53.5 Å². The van der Waals surface area contributed by atoms with E-state index in [2.05, 4.69) is 10.3 Å². The molecule has 2 heterocycles. The third kappa shape index (κ3) is 2.96. The van der Waals surface area contributed by atoms with Crippen molar-refractivity contribution >= 4 is 35.1 Å². The van der Waals surface area contributed by atoms with Gasteiger partial charge < -0.3 is 4.74 Å². The van der Waals surface area contributed by atoms with Crippen LogP contribution in [0.3, 0.4) is 0 Å². The van der Waals surface area contributed by atoms with Gasteiger partial charge >= 0.3 is 6.09 Å². The molecular weight excluding hydrogens is 342 g/mol. The molecule has 2 amide bonds. The molecule has 1 N–H and O–H groups in total. The van der Waals surface area contributed by atoms with Crippen molar-refractivity contribution in [3.8, 4) is 0 Å². The summed E-state index contributed by atoms with van der Waals surface area (Å²) < 4.78 is 5.40. The monoisotopic (exact) mass is 355 g/mol. The van der Waals surface area contributed by atoms with E-state index in [0.29, 0.717) is 35.2 Å². The van der Waals surface area contributed by atoms with Crippen LogP contribution in [0, 0.1) is 0 Å². The van der Waals surface area contributed by atoms with E-state index in [9.17, 15) is 9.59 Å². The van der Waals surface area contributed by atoms with Crippen LogP contribution in [0.1, 0.15) is 15.9 Å². The van der Waals surface area contributed by atoms with Gasteiger partial charge in [-0.2, -0.15) is 0 Å². The molecule has 7 heteroatoms. The molecule has 1 unspecified atom stereocenters. The first-order valence-corrected chi connectivity index (χ1v) is 8.18. The minimum absolute atomic E-state index is 0.110. The number of hydrogen-bond acceptors (Lipinski definition) is 4. The number of benzene rings is 2. The van der Waals surface area contributed by atoms with Gasteiger partial charge in [0.05, 0.1) is 18.7 Å². The van der Waals surface area contributed by atoms with Crippen molar-refractivity contribution in [1.82, 2.24) is 4.90 Å². The lowest BCUT2D eigenvalue weighted by molar-refractivity contribution is 0.0699. The van der Waals surface area contributed by atoms with E-state index in [1.165, 1.54) is 0 Å². The fourth-order valence-corrected chi connectivity index (χ4v) is 3.07. The number of anilines is 1. The highest BCUT2D eigenvalue weighted by Gasteiger charge is 2.38. The summed E-state index contributed by atoms with van der Waals surface area (Å²) in [5.41, 5.74) is 2.04. The third-order valence-corrected chi connectivity index (χ3v) is 4.35. The van der Waals surface area contributed by atoms with E-state index < -0.39 is 12.2 Å². The molecule has 0 spiro atoms. The minimum atomic E-state index is -0.588. The number of nitrogens with zero attached hydrogens (tertiary/aromatic N) is 2. The standard InChI is InChI=1S/C18H14ClN3O3/c19-11-5-7-12(8-6-11)21-18(24)25-13-9-20-16-14-3-1-2-4-15(14)17(23)22(16)10-13/h1-8,13H,9-10H2,(H,21,24). The molecule has 126 valence electrons. The zero-order valence-electron chi connectivity index (χ0n) is 13.1. The Balaban J connectivity index is 1.43. The molecule has 0 aliphatic carbocycles. The predicted molar refractivity (Wildman–Crippen MR) is 94.2 cm³/mol.